The second kappa shape index (κ2) is 1.99. The molecule has 2 aliphatic rings. The molecule has 0 saturated heterocycles. The molecule has 0 amide bonds. The topological polar surface area (TPSA) is 0 Å². The van der Waals surface area contributed by atoms with Crippen LogP contribution in [0.3, 0.4) is 0 Å². The zero-order chi connectivity index (χ0) is 5.40. The highest BCUT2D eigenvalue weighted by Crippen LogP contribution is 2.34. The number of hydrogen-bond acceptors (Lipinski definition) is 2. The van der Waals surface area contributed by atoms with Crippen LogP contribution in [0.5, 0.6) is 0 Å². The van der Waals surface area contributed by atoms with Gasteiger partial charge in [0.05, 0.1) is 0 Å². The molecule has 0 spiro atoms. The Kier molecular flexibility index (Phi) is 1.31. The van der Waals surface area contributed by atoms with E-state index < -0.39 is 0 Å². The van der Waals surface area contributed by atoms with E-state index >= 15 is 0 Å². The average molecular weight is 144 g/mol. The van der Waals surface area contributed by atoms with Gasteiger partial charge < -0.3 is 0 Å². The van der Waals surface area contributed by atoms with Gasteiger partial charge in [-0.3, -0.25) is 0 Å². The van der Waals surface area contributed by atoms with Crippen molar-refractivity contribution in [3.8, 4) is 0 Å². The molecule has 2 rings (SSSR count). The van der Waals surface area contributed by atoms with Crippen LogP contribution in [0.2, 0.25) is 0 Å². The summed E-state index contributed by atoms with van der Waals surface area (Å²) in [6.45, 7) is 0. The van der Waals surface area contributed by atoms with Gasteiger partial charge in [0.2, 0.25) is 0 Å². The van der Waals surface area contributed by atoms with Crippen LogP contribution in [0, 0.1) is 0 Å². The van der Waals surface area contributed by atoms with Gasteiger partial charge in [0.25, 0.3) is 0 Å². The number of rotatable bonds is 0. The highest BCUT2D eigenvalue weighted by molar-refractivity contribution is 8.02. The fraction of sp³-hybridized carbons (Fsp3) is 0.667. The van der Waals surface area contributed by atoms with Gasteiger partial charge in [-0.1, -0.05) is 0 Å². The maximum atomic E-state index is 2.08. The van der Waals surface area contributed by atoms with Crippen molar-refractivity contribution in [3.05, 3.63) is 11.1 Å². The molecule has 44 valence electrons. The molecular formula is C6H8S2. The van der Waals surface area contributed by atoms with Gasteiger partial charge in [-0.2, -0.15) is 23.5 Å². The minimum absolute atomic E-state index is 1.34. The predicted molar refractivity (Wildman–Crippen MR) is 41.7 cm³/mol. The van der Waals surface area contributed by atoms with Crippen molar-refractivity contribution in [2.45, 2.75) is 0 Å². The molecule has 8 heavy (non-hydrogen) atoms. The van der Waals surface area contributed by atoms with Crippen LogP contribution >= 0.6 is 23.5 Å². The fourth-order valence-electron chi connectivity index (χ4n) is 1.09. The molecule has 0 aromatic heterocycles. The number of hydrogen-bond donors (Lipinski definition) is 0. The summed E-state index contributed by atoms with van der Waals surface area (Å²) in [4.78, 5) is 0. The zero-order valence-corrected chi connectivity index (χ0v) is 6.28. The summed E-state index contributed by atoms with van der Waals surface area (Å²) in [5.74, 6) is 5.34. The van der Waals surface area contributed by atoms with E-state index in [-0.39, 0.29) is 0 Å². The van der Waals surface area contributed by atoms with Crippen LogP contribution < -0.4 is 0 Å². The van der Waals surface area contributed by atoms with Crippen LogP contribution in [0.1, 0.15) is 0 Å². The Morgan fingerprint density at radius 3 is 1.50 bits per heavy atom. The Bertz CT molecular complexity index is 109. The smallest absolute Gasteiger partial charge is 0.0158 e. The summed E-state index contributed by atoms with van der Waals surface area (Å²) in [5, 5.41) is 0. The van der Waals surface area contributed by atoms with Crippen molar-refractivity contribution in [1.29, 1.82) is 0 Å². The maximum Gasteiger partial charge on any atom is 0.0158 e. The maximum absolute atomic E-state index is 2.08. The highest BCUT2D eigenvalue weighted by atomic mass is 32.2. The third-order valence-corrected chi connectivity index (χ3v) is 3.82. The van der Waals surface area contributed by atoms with Crippen LogP contribution in [0.25, 0.3) is 0 Å². The molecule has 2 aliphatic heterocycles. The molecule has 0 aromatic rings. The molecule has 0 unspecified atom stereocenters. The quantitative estimate of drug-likeness (QED) is 0.475. The van der Waals surface area contributed by atoms with Crippen LogP contribution in [-0.2, 0) is 0 Å². The summed E-state index contributed by atoms with van der Waals surface area (Å²) >= 11 is 4.16. The summed E-state index contributed by atoms with van der Waals surface area (Å²) in [7, 11) is 0. The molecule has 0 radical (unpaired) electrons. The van der Waals surface area contributed by atoms with Gasteiger partial charge in [-0.05, 0) is 11.1 Å². The van der Waals surface area contributed by atoms with Gasteiger partial charge in [0, 0.05) is 23.0 Å². The first-order valence-corrected chi connectivity index (χ1v) is 5.13. The second-order valence-electron chi connectivity index (χ2n) is 2.19. The van der Waals surface area contributed by atoms with Gasteiger partial charge in [0.15, 0.2) is 0 Å². The predicted octanol–water partition coefficient (Wildman–Crippen LogP) is 1.78. The van der Waals surface area contributed by atoms with Crippen LogP contribution in [0.15, 0.2) is 11.1 Å². The van der Waals surface area contributed by atoms with Crippen molar-refractivity contribution >= 4 is 23.5 Å². The lowest BCUT2D eigenvalue weighted by Gasteiger charge is -1.90. The van der Waals surface area contributed by atoms with E-state index in [0.29, 0.717) is 0 Å². The van der Waals surface area contributed by atoms with E-state index in [1.54, 1.807) is 11.1 Å². The monoisotopic (exact) mass is 144 g/mol. The fourth-order valence-corrected chi connectivity index (χ4v) is 3.76. The lowest BCUT2D eigenvalue weighted by atomic mass is 10.2. The first-order valence-electron chi connectivity index (χ1n) is 2.82. The van der Waals surface area contributed by atoms with Gasteiger partial charge >= 0.3 is 0 Å². The van der Waals surface area contributed by atoms with Crippen LogP contribution in [-0.4, -0.2) is 23.0 Å². The first-order chi connectivity index (χ1) is 3.97. The SMILES string of the molecule is C1SCC2=C1CSC2. The lowest BCUT2D eigenvalue weighted by molar-refractivity contribution is 1.37. The third-order valence-electron chi connectivity index (χ3n) is 1.61. The number of thioether (sulfide) groups is 2. The van der Waals surface area contributed by atoms with E-state index in [1.165, 1.54) is 23.0 Å². The minimum Gasteiger partial charge on any atom is -0.153 e. The molecule has 2 heteroatoms. The van der Waals surface area contributed by atoms with E-state index in [2.05, 4.69) is 23.5 Å². The minimum atomic E-state index is 1.34. The molecule has 0 N–H and O–H groups in total. The van der Waals surface area contributed by atoms with Crippen LogP contribution in [0.4, 0.5) is 0 Å². The summed E-state index contributed by atoms with van der Waals surface area (Å²) in [5.41, 5.74) is 3.50. The Morgan fingerprint density at radius 1 is 0.750 bits per heavy atom. The molecule has 2 heterocycles. The average Bonchev–Trinajstić information content (AvgIpc) is 2.15. The van der Waals surface area contributed by atoms with Crippen molar-refractivity contribution in [1.82, 2.24) is 0 Å². The molecular weight excluding hydrogens is 136 g/mol. The summed E-state index contributed by atoms with van der Waals surface area (Å²) in [6, 6.07) is 0. The van der Waals surface area contributed by atoms with Gasteiger partial charge in [-0.25, -0.2) is 0 Å². The molecule has 0 atom stereocenters. The normalized spacial score (nSPS) is 27.0. The summed E-state index contributed by atoms with van der Waals surface area (Å²) in [6.07, 6.45) is 0. The largest absolute Gasteiger partial charge is 0.153 e. The van der Waals surface area contributed by atoms with E-state index in [1.807, 2.05) is 0 Å². The molecule has 0 aromatic carbocycles. The zero-order valence-electron chi connectivity index (χ0n) is 4.64. The Morgan fingerprint density at radius 2 is 1.12 bits per heavy atom. The molecule has 0 bridgehead atoms. The Balaban J connectivity index is 2.23. The Hall–Kier alpha value is 0.440. The molecule has 0 saturated carbocycles. The Labute approximate surface area is 58.1 Å². The molecule has 0 nitrogen and oxygen atoms in total. The first kappa shape index (κ1) is 5.24. The van der Waals surface area contributed by atoms with Crippen molar-refractivity contribution in [3.63, 3.8) is 0 Å². The third kappa shape index (κ3) is 0.705. The molecule has 0 fully saturated rings. The van der Waals surface area contributed by atoms with Crippen molar-refractivity contribution < 1.29 is 0 Å². The second-order valence-corrected chi connectivity index (χ2v) is 4.16. The van der Waals surface area contributed by atoms with Crippen molar-refractivity contribution in [2.24, 2.45) is 0 Å². The van der Waals surface area contributed by atoms with E-state index in [0.717, 1.165) is 0 Å². The highest BCUT2D eigenvalue weighted by Gasteiger charge is 2.19. The standard InChI is InChI=1S/C6H8S2/c1-5-2-8-4-6(5)3-7-1/h1-4H2. The molecule has 0 aliphatic carbocycles. The summed E-state index contributed by atoms with van der Waals surface area (Å²) < 4.78 is 0. The van der Waals surface area contributed by atoms with E-state index in [9.17, 15) is 0 Å². The van der Waals surface area contributed by atoms with Crippen molar-refractivity contribution in [2.75, 3.05) is 23.0 Å². The lowest BCUT2D eigenvalue weighted by Crippen LogP contribution is -1.80. The van der Waals surface area contributed by atoms with Gasteiger partial charge in [0.1, 0.15) is 0 Å². The van der Waals surface area contributed by atoms with E-state index in [4.69, 9.17) is 0 Å². The van der Waals surface area contributed by atoms with Gasteiger partial charge in [-0.15, -0.1) is 0 Å².